The van der Waals surface area contributed by atoms with Gasteiger partial charge in [0.05, 0.1) is 0 Å². The van der Waals surface area contributed by atoms with Gasteiger partial charge in [-0.15, -0.1) is 0 Å². The molecule has 21 heavy (non-hydrogen) atoms. The number of anilines is 1. The fraction of sp³-hybridized carbons (Fsp3) is 0.611. The van der Waals surface area contributed by atoms with E-state index in [1.807, 2.05) is 27.8 Å². The van der Waals surface area contributed by atoms with Crippen molar-refractivity contribution in [3.8, 4) is 0 Å². The molecule has 0 bridgehead atoms. The summed E-state index contributed by atoms with van der Waals surface area (Å²) in [7, 11) is 1.91. The molecule has 1 rings (SSSR count). The zero-order valence-electron chi connectivity index (χ0n) is 14.7. The lowest BCUT2D eigenvalue weighted by Crippen LogP contribution is -2.58. The highest BCUT2D eigenvalue weighted by Crippen LogP contribution is 2.36. The van der Waals surface area contributed by atoms with E-state index in [-0.39, 0.29) is 22.3 Å². The third kappa shape index (κ3) is 3.78. The highest BCUT2D eigenvalue weighted by molar-refractivity contribution is 5.82. The van der Waals surface area contributed by atoms with Crippen molar-refractivity contribution >= 4 is 11.6 Å². The SMILES string of the molecule is CNc1ccc(C(C)(C)C(C)(C)NC(=O)C(C)(C)C)cc1. The van der Waals surface area contributed by atoms with E-state index >= 15 is 0 Å². The second-order valence-corrected chi connectivity index (χ2v) is 7.78. The largest absolute Gasteiger partial charge is 0.388 e. The molecule has 0 atom stereocenters. The Bertz CT molecular complexity index is 493. The van der Waals surface area contributed by atoms with E-state index < -0.39 is 0 Å². The van der Waals surface area contributed by atoms with Gasteiger partial charge in [0.15, 0.2) is 0 Å². The molecule has 0 aliphatic carbocycles. The molecule has 0 saturated carbocycles. The molecule has 3 nitrogen and oxygen atoms in total. The summed E-state index contributed by atoms with van der Waals surface area (Å²) in [5.74, 6) is 0.0763. The van der Waals surface area contributed by atoms with Crippen molar-refractivity contribution in [1.29, 1.82) is 0 Å². The van der Waals surface area contributed by atoms with Crippen molar-refractivity contribution in [3.05, 3.63) is 29.8 Å². The minimum absolute atomic E-state index is 0.0763. The van der Waals surface area contributed by atoms with Crippen molar-refractivity contribution in [2.24, 2.45) is 5.41 Å². The van der Waals surface area contributed by atoms with Gasteiger partial charge < -0.3 is 10.6 Å². The second kappa shape index (κ2) is 5.70. The predicted molar refractivity (Wildman–Crippen MR) is 90.7 cm³/mol. The van der Waals surface area contributed by atoms with Gasteiger partial charge in [0, 0.05) is 29.1 Å². The van der Waals surface area contributed by atoms with Crippen molar-refractivity contribution in [2.75, 3.05) is 12.4 Å². The van der Waals surface area contributed by atoms with Gasteiger partial charge in [-0.2, -0.15) is 0 Å². The molecule has 0 aliphatic rings. The fourth-order valence-electron chi connectivity index (χ4n) is 2.04. The van der Waals surface area contributed by atoms with Crippen LogP contribution in [0.1, 0.15) is 54.0 Å². The van der Waals surface area contributed by atoms with Crippen LogP contribution in [0.4, 0.5) is 5.69 Å². The summed E-state index contributed by atoms with van der Waals surface area (Å²) in [4.78, 5) is 12.3. The number of hydrogen-bond acceptors (Lipinski definition) is 2. The normalized spacial score (nSPS) is 13.0. The van der Waals surface area contributed by atoms with E-state index in [1.54, 1.807) is 0 Å². The topological polar surface area (TPSA) is 41.1 Å². The first-order valence-corrected chi connectivity index (χ1v) is 7.53. The molecule has 0 spiro atoms. The molecule has 0 heterocycles. The van der Waals surface area contributed by atoms with Gasteiger partial charge in [0.2, 0.25) is 5.91 Å². The van der Waals surface area contributed by atoms with E-state index in [0.717, 1.165) is 5.69 Å². The molecular formula is C18H30N2O. The Hall–Kier alpha value is -1.51. The Morgan fingerprint density at radius 1 is 0.905 bits per heavy atom. The molecule has 2 N–H and O–H groups in total. The average Bonchev–Trinajstić information content (AvgIpc) is 2.37. The van der Waals surface area contributed by atoms with Crippen LogP contribution in [0.5, 0.6) is 0 Å². The highest BCUT2D eigenvalue weighted by Gasteiger charge is 2.41. The summed E-state index contributed by atoms with van der Waals surface area (Å²) in [5, 5.41) is 6.34. The predicted octanol–water partition coefficient (Wildman–Crippen LogP) is 3.95. The first-order valence-electron chi connectivity index (χ1n) is 7.53. The minimum atomic E-state index is -0.386. The summed E-state index contributed by atoms with van der Waals surface area (Å²) < 4.78 is 0. The Morgan fingerprint density at radius 3 is 1.76 bits per heavy atom. The number of amides is 1. The Kier molecular flexibility index (Phi) is 4.76. The highest BCUT2D eigenvalue weighted by atomic mass is 16.2. The zero-order valence-corrected chi connectivity index (χ0v) is 14.7. The third-order valence-electron chi connectivity index (χ3n) is 4.56. The molecule has 0 fully saturated rings. The Labute approximate surface area is 129 Å². The van der Waals surface area contributed by atoms with Gasteiger partial charge in [0.25, 0.3) is 0 Å². The smallest absolute Gasteiger partial charge is 0.225 e. The van der Waals surface area contributed by atoms with E-state index in [1.165, 1.54) is 5.56 Å². The summed E-state index contributed by atoms with van der Waals surface area (Å²) in [6.07, 6.45) is 0. The molecule has 0 radical (unpaired) electrons. The summed E-state index contributed by atoms with van der Waals surface area (Å²) in [5.41, 5.74) is 1.38. The number of hydrogen-bond donors (Lipinski definition) is 2. The molecule has 3 heteroatoms. The van der Waals surface area contributed by atoms with E-state index in [2.05, 4.69) is 62.6 Å². The average molecular weight is 290 g/mol. The maximum Gasteiger partial charge on any atom is 0.225 e. The number of carbonyl (C=O) groups excluding carboxylic acids is 1. The van der Waals surface area contributed by atoms with Crippen molar-refractivity contribution in [1.82, 2.24) is 5.32 Å². The Balaban J connectivity index is 3.05. The van der Waals surface area contributed by atoms with Crippen LogP contribution in [-0.4, -0.2) is 18.5 Å². The summed E-state index contributed by atoms with van der Waals surface area (Å²) >= 11 is 0. The van der Waals surface area contributed by atoms with Crippen LogP contribution in [0.25, 0.3) is 0 Å². The number of carbonyl (C=O) groups is 1. The van der Waals surface area contributed by atoms with Crippen LogP contribution in [0, 0.1) is 5.41 Å². The molecular weight excluding hydrogens is 260 g/mol. The molecule has 0 aliphatic heterocycles. The third-order valence-corrected chi connectivity index (χ3v) is 4.56. The fourth-order valence-corrected chi connectivity index (χ4v) is 2.04. The lowest BCUT2D eigenvalue weighted by Gasteiger charge is -2.44. The number of nitrogens with one attached hydrogen (secondary N) is 2. The molecule has 1 aromatic rings. The zero-order chi connectivity index (χ0) is 16.5. The minimum Gasteiger partial charge on any atom is -0.388 e. The molecule has 0 aromatic heterocycles. The lowest BCUT2D eigenvalue weighted by molar-refractivity contribution is -0.131. The van der Waals surface area contributed by atoms with Crippen molar-refractivity contribution in [2.45, 2.75) is 59.4 Å². The van der Waals surface area contributed by atoms with Crippen LogP contribution in [-0.2, 0) is 10.2 Å². The maximum atomic E-state index is 12.3. The van der Waals surface area contributed by atoms with E-state index in [9.17, 15) is 4.79 Å². The van der Waals surface area contributed by atoms with Gasteiger partial charge in [-0.1, -0.05) is 46.8 Å². The number of benzene rings is 1. The van der Waals surface area contributed by atoms with Crippen LogP contribution < -0.4 is 10.6 Å². The summed E-state index contributed by atoms with van der Waals surface area (Å²) in [6.45, 7) is 14.3. The first-order chi connectivity index (χ1) is 9.41. The number of rotatable bonds is 4. The molecule has 1 amide bonds. The monoisotopic (exact) mass is 290 g/mol. The van der Waals surface area contributed by atoms with Gasteiger partial charge in [-0.05, 0) is 31.5 Å². The van der Waals surface area contributed by atoms with Crippen LogP contribution in [0.15, 0.2) is 24.3 Å². The molecule has 1 aromatic carbocycles. The lowest BCUT2D eigenvalue weighted by atomic mass is 9.69. The summed E-state index contributed by atoms with van der Waals surface area (Å²) in [6, 6.07) is 8.38. The Morgan fingerprint density at radius 2 is 1.38 bits per heavy atom. The van der Waals surface area contributed by atoms with Gasteiger partial charge in [-0.3, -0.25) is 4.79 Å². The van der Waals surface area contributed by atoms with Crippen molar-refractivity contribution < 1.29 is 4.79 Å². The quantitative estimate of drug-likeness (QED) is 0.881. The second-order valence-electron chi connectivity index (χ2n) is 7.78. The van der Waals surface area contributed by atoms with Gasteiger partial charge >= 0.3 is 0 Å². The maximum absolute atomic E-state index is 12.3. The van der Waals surface area contributed by atoms with E-state index in [4.69, 9.17) is 0 Å². The van der Waals surface area contributed by atoms with Crippen LogP contribution in [0.2, 0.25) is 0 Å². The molecule has 118 valence electrons. The standard InChI is InChI=1S/C18H30N2O/c1-16(2,3)15(21)20-18(6,7)17(4,5)13-9-11-14(19-8)12-10-13/h9-12,19H,1-8H3,(H,20,21). The first kappa shape index (κ1) is 17.5. The van der Waals surface area contributed by atoms with Gasteiger partial charge in [-0.25, -0.2) is 0 Å². The molecule has 0 saturated heterocycles. The van der Waals surface area contributed by atoms with E-state index in [0.29, 0.717) is 0 Å². The van der Waals surface area contributed by atoms with Crippen LogP contribution >= 0.6 is 0 Å². The van der Waals surface area contributed by atoms with Crippen LogP contribution in [0.3, 0.4) is 0 Å². The molecule has 0 unspecified atom stereocenters. The van der Waals surface area contributed by atoms with Crippen molar-refractivity contribution in [3.63, 3.8) is 0 Å². The van der Waals surface area contributed by atoms with Gasteiger partial charge in [0.1, 0.15) is 0 Å².